The number of nitrogens with zero attached hydrogens (tertiary/aromatic N) is 1. The number of hydrogen-bond donors (Lipinski definition) is 1. The van der Waals surface area contributed by atoms with E-state index in [1.54, 1.807) is 5.57 Å². The number of hydrogen-bond acceptors (Lipinski definition) is 2. The SMILES string of the molecule is Cc1cccc2c1C=C(C[C@@H]1CN=CN1)CC2. The average Bonchev–Trinajstić information content (AvgIpc) is 2.83. The summed E-state index contributed by atoms with van der Waals surface area (Å²) in [5.41, 5.74) is 5.92. The number of fused-ring (bicyclic) bond motifs is 1. The van der Waals surface area contributed by atoms with Gasteiger partial charge in [-0.2, -0.15) is 0 Å². The number of benzene rings is 1. The fourth-order valence-corrected chi connectivity index (χ4v) is 2.73. The van der Waals surface area contributed by atoms with Gasteiger partial charge in [0.1, 0.15) is 0 Å². The highest BCUT2D eigenvalue weighted by Crippen LogP contribution is 2.28. The van der Waals surface area contributed by atoms with Gasteiger partial charge in [0.25, 0.3) is 0 Å². The van der Waals surface area contributed by atoms with Crippen molar-refractivity contribution in [3.8, 4) is 0 Å². The van der Waals surface area contributed by atoms with E-state index in [1.807, 2.05) is 6.34 Å². The maximum Gasteiger partial charge on any atom is 0.0827 e. The van der Waals surface area contributed by atoms with Crippen molar-refractivity contribution in [1.82, 2.24) is 5.32 Å². The first kappa shape index (κ1) is 10.6. The highest BCUT2D eigenvalue weighted by Gasteiger charge is 2.16. The lowest BCUT2D eigenvalue weighted by Gasteiger charge is -2.20. The van der Waals surface area contributed by atoms with Crippen molar-refractivity contribution in [1.29, 1.82) is 0 Å². The van der Waals surface area contributed by atoms with E-state index in [1.165, 1.54) is 29.5 Å². The van der Waals surface area contributed by atoms with E-state index in [0.29, 0.717) is 6.04 Å². The molecule has 1 aromatic carbocycles. The Bertz CT molecular complexity index is 478. The van der Waals surface area contributed by atoms with Crippen molar-refractivity contribution in [3.63, 3.8) is 0 Å². The molecule has 3 rings (SSSR count). The van der Waals surface area contributed by atoms with Crippen LogP contribution in [0.5, 0.6) is 0 Å². The van der Waals surface area contributed by atoms with Crippen molar-refractivity contribution in [3.05, 3.63) is 40.5 Å². The molecular formula is C15H18N2. The van der Waals surface area contributed by atoms with Crippen LogP contribution in [0.1, 0.15) is 29.5 Å². The van der Waals surface area contributed by atoms with Crippen molar-refractivity contribution in [2.24, 2.45) is 4.99 Å². The third-order valence-electron chi connectivity index (χ3n) is 3.71. The van der Waals surface area contributed by atoms with Crippen molar-refractivity contribution >= 4 is 12.4 Å². The lowest BCUT2D eigenvalue weighted by Crippen LogP contribution is -2.25. The van der Waals surface area contributed by atoms with Gasteiger partial charge in [-0.25, -0.2) is 0 Å². The summed E-state index contributed by atoms with van der Waals surface area (Å²) in [7, 11) is 0. The van der Waals surface area contributed by atoms with E-state index in [2.05, 4.69) is 41.5 Å². The molecule has 0 unspecified atom stereocenters. The predicted molar refractivity (Wildman–Crippen MR) is 72.4 cm³/mol. The molecule has 0 radical (unpaired) electrons. The minimum Gasteiger partial charge on any atom is -0.372 e. The third kappa shape index (κ3) is 2.12. The van der Waals surface area contributed by atoms with Gasteiger partial charge in [0.2, 0.25) is 0 Å². The molecule has 2 heteroatoms. The Morgan fingerprint density at radius 3 is 3.12 bits per heavy atom. The maximum absolute atomic E-state index is 4.23. The van der Waals surface area contributed by atoms with Crippen LogP contribution >= 0.6 is 0 Å². The molecule has 1 aliphatic heterocycles. The Morgan fingerprint density at radius 2 is 2.29 bits per heavy atom. The molecule has 0 spiro atoms. The van der Waals surface area contributed by atoms with E-state index in [0.717, 1.165) is 13.0 Å². The molecule has 1 N–H and O–H groups in total. The molecule has 2 aliphatic rings. The second-order valence-corrected chi connectivity index (χ2v) is 5.01. The monoisotopic (exact) mass is 226 g/mol. The van der Waals surface area contributed by atoms with E-state index in [9.17, 15) is 0 Å². The van der Waals surface area contributed by atoms with E-state index in [-0.39, 0.29) is 0 Å². The minimum atomic E-state index is 0.520. The van der Waals surface area contributed by atoms with Gasteiger partial charge in [-0.3, -0.25) is 4.99 Å². The zero-order chi connectivity index (χ0) is 11.7. The Hall–Kier alpha value is -1.57. The first-order valence-electron chi connectivity index (χ1n) is 6.35. The smallest absolute Gasteiger partial charge is 0.0827 e. The minimum absolute atomic E-state index is 0.520. The molecular weight excluding hydrogens is 208 g/mol. The highest BCUT2D eigenvalue weighted by molar-refractivity contribution is 5.63. The van der Waals surface area contributed by atoms with Gasteiger partial charge in [0.05, 0.1) is 18.9 Å². The Balaban J connectivity index is 1.81. The molecule has 17 heavy (non-hydrogen) atoms. The zero-order valence-corrected chi connectivity index (χ0v) is 10.2. The molecule has 0 saturated carbocycles. The number of aryl methyl sites for hydroxylation is 2. The summed E-state index contributed by atoms with van der Waals surface area (Å²) in [6.07, 6.45) is 7.76. The summed E-state index contributed by atoms with van der Waals surface area (Å²) >= 11 is 0. The first-order chi connectivity index (χ1) is 8.33. The average molecular weight is 226 g/mol. The van der Waals surface area contributed by atoms with Crippen molar-refractivity contribution in [2.75, 3.05) is 6.54 Å². The van der Waals surface area contributed by atoms with Crippen molar-refractivity contribution in [2.45, 2.75) is 32.2 Å². The van der Waals surface area contributed by atoms with Gasteiger partial charge in [-0.15, -0.1) is 0 Å². The van der Waals surface area contributed by atoms with Gasteiger partial charge < -0.3 is 5.32 Å². The fraction of sp³-hybridized carbons (Fsp3) is 0.400. The third-order valence-corrected chi connectivity index (χ3v) is 3.71. The van der Waals surface area contributed by atoms with Gasteiger partial charge in [0.15, 0.2) is 0 Å². The van der Waals surface area contributed by atoms with Crippen LogP contribution in [0.3, 0.4) is 0 Å². The Labute approximate surface area is 102 Å². The van der Waals surface area contributed by atoms with Crippen LogP contribution < -0.4 is 5.32 Å². The van der Waals surface area contributed by atoms with Crippen LogP contribution in [-0.4, -0.2) is 18.9 Å². The summed E-state index contributed by atoms with van der Waals surface area (Å²) < 4.78 is 0. The highest BCUT2D eigenvalue weighted by atomic mass is 15.0. The molecule has 2 nitrogen and oxygen atoms in total. The maximum atomic E-state index is 4.23. The molecule has 0 aromatic heterocycles. The van der Waals surface area contributed by atoms with E-state index >= 15 is 0 Å². The molecule has 1 aromatic rings. The summed E-state index contributed by atoms with van der Waals surface area (Å²) in [6.45, 7) is 3.13. The normalized spacial score (nSPS) is 21.9. The van der Waals surface area contributed by atoms with E-state index < -0.39 is 0 Å². The fourth-order valence-electron chi connectivity index (χ4n) is 2.73. The van der Waals surface area contributed by atoms with Crippen LogP contribution in [0.4, 0.5) is 0 Å². The van der Waals surface area contributed by atoms with Gasteiger partial charge in [0, 0.05) is 0 Å². The van der Waals surface area contributed by atoms with Crippen LogP contribution in [0, 0.1) is 6.92 Å². The molecule has 1 atom stereocenters. The van der Waals surface area contributed by atoms with Crippen LogP contribution in [0.15, 0.2) is 28.8 Å². The number of nitrogens with one attached hydrogen (secondary N) is 1. The molecule has 1 heterocycles. The molecule has 1 aliphatic carbocycles. The lowest BCUT2D eigenvalue weighted by atomic mass is 9.87. The molecule has 0 saturated heterocycles. The van der Waals surface area contributed by atoms with E-state index in [4.69, 9.17) is 0 Å². The Morgan fingerprint density at radius 1 is 1.35 bits per heavy atom. The van der Waals surface area contributed by atoms with Crippen LogP contribution in [-0.2, 0) is 6.42 Å². The number of aliphatic imine (C=N–C) groups is 1. The molecule has 0 bridgehead atoms. The van der Waals surface area contributed by atoms with Gasteiger partial charge >= 0.3 is 0 Å². The summed E-state index contributed by atoms with van der Waals surface area (Å²) in [5, 5.41) is 3.31. The molecule has 88 valence electrons. The molecule has 0 fully saturated rings. The quantitative estimate of drug-likeness (QED) is 0.824. The topological polar surface area (TPSA) is 24.4 Å². The second kappa shape index (κ2) is 4.36. The van der Waals surface area contributed by atoms with Crippen LogP contribution in [0.25, 0.3) is 6.08 Å². The van der Waals surface area contributed by atoms with Crippen LogP contribution in [0.2, 0.25) is 0 Å². The lowest BCUT2D eigenvalue weighted by molar-refractivity contribution is 0.636. The zero-order valence-electron chi connectivity index (χ0n) is 10.2. The number of rotatable bonds is 2. The standard InChI is InChI=1S/C15H18N2/c1-11-3-2-4-13-6-5-12(8-15(11)13)7-14-9-16-10-17-14/h2-4,8,10,14H,5-7,9H2,1H3,(H,16,17)/t14-/m1/s1. The van der Waals surface area contributed by atoms with Crippen molar-refractivity contribution < 1.29 is 0 Å². The Kier molecular flexibility index (Phi) is 2.71. The largest absolute Gasteiger partial charge is 0.372 e. The molecule has 0 amide bonds. The van der Waals surface area contributed by atoms with Gasteiger partial charge in [-0.1, -0.05) is 29.8 Å². The second-order valence-electron chi connectivity index (χ2n) is 5.01. The first-order valence-corrected chi connectivity index (χ1v) is 6.35. The summed E-state index contributed by atoms with van der Waals surface area (Å²) in [4.78, 5) is 4.23. The summed E-state index contributed by atoms with van der Waals surface area (Å²) in [5.74, 6) is 0. The summed E-state index contributed by atoms with van der Waals surface area (Å²) in [6, 6.07) is 7.15. The van der Waals surface area contributed by atoms with Gasteiger partial charge in [-0.05, 0) is 42.9 Å². The predicted octanol–water partition coefficient (Wildman–Crippen LogP) is 2.71.